The number of allylic oxidation sites excluding steroid dienone is 2. The van der Waals surface area contributed by atoms with Gasteiger partial charge >= 0.3 is 23.5 Å². The summed E-state index contributed by atoms with van der Waals surface area (Å²) < 4.78 is 62.4. The number of thioether (sulfide) groups is 1. The molecule has 1 aliphatic rings. The summed E-state index contributed by atoms with van der Waals surface area (Å²) in [5.74, 6) is -1.03. The Balaban J connectivity index is 1.33. The van der Waals surface area contributed by atoms with Gasteiger partial charge in [0.1, 0.15) is 36.3 Å². The van der Waals surface area contributed by atoms with Crippen molar-refractivity contribution >= 4 is 69.1 Å². The topological polar surface area (TPSA) is 364 Å². The van der Waals surface area contributed by atoms with Crippen molar-refractivity contribution in [3.05, 3.63) is 24.8 Å². The molecule has 24 nitrogen and oxygen atoms in total. The molecule has 370 valence electrons. The summed E-state index contributed by atoms with van der Waals surface area (Å²) >= 11 is 1.15. The quantitative estimate of drug-likeness (QED) is 0.0285. The van der Waals surface area contributed by atoms with Gasteiger partial charge in [0.05, 0.1) is 19.5 Å². The van der Waals surface area contributed by atoms with Crippen LogP contribution < -0.4 is 16.4 Å². The summed E-state index contributed by atoms with van der Waals surface area (Å²) in [5, 5.41) is 26.6. The van der Waals surface area contributed by atoms with E-state index in [1.54, 1.807) is 0 Å². The van der Waals surface area contributed by atoms with Crippen molar-refractivity contribution in [2.45, 2.75) is 135 Å². The van der Waals surface area contributed by atoms with E-state index in [4.69, 9.17) is 19.5 Å². The maximum absolute atomic E-state index is 12.7. The molecule has 0 saturated carbocycles. The Bertz CT molecular complexity index is 2010. The predicted octanol–water partition coefficient (Wildman–Crippen LogP) is 3.92. The third-order valence-corrected chi connectivity index (χ3v) is 13.9. The first-order valence-corrected chi connectivity index (χ1v) is 26.8. The van der Waals surface area contributed by atoms with Crippen LogP contribution in [0, 0.1) is 5.41 Å². The molecule has 1 fully saturated rings. The van der Waals surface area contributed by atoms with Gasteiger partial charge in [-0.2, -0.15) is 4.31 Å². The summed E-state index contributed by atoms with van der Waals surface area (Å²) in [6.07, 6.45) is 10.7. The van der Waals surface area contributed by atoms with Crippen LogP contribution in [0.25, 0.3) is 11.2 Å². The molecule has 3 heterocycles. The summed E-state index contributed by atoms with van der Waals surface area (Å²) in [5.41, 5.74) is 4.28. The van der Waals surface area contributed by atoms with Crippen LogP contribution in [0.1, 0.15) is 110 Å². The highest BCUT2D eigenvalue weighted by Crippen LogP contribution is 2.61. The van der Waals surface area contributed by atoms with E-state index < -0.39 is 84.6 Å². The first-order valence-electron chi connectivity index (χ1n) is 21.3. The van der Waals surface area contributed by atoms with E-state index in [1.807, 2.05) is 0 Å². The second-order valence-electron chi connectivity index (χ2n) is 15.9. The lowest BCUT2D eigenvalue weighted by Gasteiger charge is -2.30. The van der Waals surface area contributed by atoms with E-state index in [0.717, 1.165) is 73.9 Å². The number of phosphoric ester groups is 3. The van der Waals surface area contributed by atoms with Gasteiger partial charge in [0.25, 0.3) is 0 Å². The third-order valence-electron chi connectivity index (χ3n) is 9.91. The van der Waals surface area contributed by atoms with Gasteiger partial charge in [0, 0.05) is 37.1 Å². The highest BCUT2D eigenvalue weighted by molar-refractivity contribution is 8.13. The van der Waals surface area contributed by atoms with Crippen LogP contribution in [-0.4, -0.2) is 123 Å². The molecular weight excluding hydrogens is 939 g/mol. The lowest BCUT2D eigenvalue weighted by Crippen LogP contribution is -2.46. The first-order chi connectivity index (χ1) is 30.6. The molecule has 3 rings (SSSR count). The summed E-state index contributed by atoms with van der Waals surface area (Å²) in [6, 6.07) is 0. The highest BCUT2D eigenvalue weighted by Gasteiger charge is 2.50. The molecule has 1 saturated heterocycles. The standard InChI is InChI=1S/C37H64N7O17P3S/c1-4-5-6-7-8-9-10-11-12-13-14-15-16-17-28(46)65-21-20-39-27(45)18-19-40-35(49)32(48)37(2,3)23-58-64(55,56)61-63(53,54)57-22-26-31(60-62(50,51)52)30(47)36(59-26)44-25-43-29-33(38)41-24-42-34(29)44/h9-10,24-26,30-32,36,47-48H,4-8,11-23H2,1-3H3,(H,39,45)(H,40,49)(H,53,54)(H,55,56)(H2,38,41,42)(H2,50,51,52)/b10-9-/t26-,30+,31?,32+,36-/m1/s1. The minimum atomic E-state index is -5.57. The number of carbonyl (C=O) groups excluding carboxylic acids is 3. The number of carbonyl (C=O) groups is 3. The van der Waals surface area contributed by atoms with Crippen LogP contribution in [0.4, 0.5) is 5.82 Å². The number of fused-ring (bicyclic) bond motifs is 1. The molecular formula is C37H64N7O17P3S. The smallest absolute Gasteiger partial charge is 0.386 e. The van der Waals surface area contributed by atoms with Crippen LogP contribution in [0.3, 0.4) is 0 Å². The van der Waals surface area contributed by atoms with Crippen molar-refractivity contribution < 1.29 is 80.5 Å². The zero-order valence-electron chi connectivity index (χ0n) is 36.7. The molecule has 28 heteroatoms. The SMILES string of the molecule is CCCCCC/C=C\CCCCCCCC(=O)SCCNC(=O)CCNC(=O)[C@H](O)C(C)(C)COP(=O)(O)OP(=O)(O)OC[C@H]1O[C@@H](n2cnc3c(N)ncnc32)[C@@H](O)C1OP(=O)(O)O. The van der Waals surface area contributed by atoms with E-state index in [1.165, 1.54) is 39.5 Å². The maximum atomic E-state index is 12.7. The van der Waals surface area contributed by atoms with Gasteiger partial charge in [-0.25, -0.2) is 28.6 Å². The summed E-state index contributed by atoms with van der Waals surface area (Å²) in [4.78, 5) is 88.2. The zero-order valence-corrected chi connectivity index (χ0v) is 40.2. The van der Waals surface area contributed by atoms with E-state index in [2.05, 4.69) is 53.5 Å². The number of amides is 2. The Kier molecular flexibility index (Phi) is 23.8. The van der Waals surface area contributed by atoms with E-state index in [9.17, 15) is 57.9 Å². The van der Waals surface area contributed by atoms with Crippen molar-refractivity contribution in [1.82, 2.24) is 30.2 Å². The van der Waals surface area contributed by atoms with Gasteiger partial charge in [0.15, 0.2) is 22.8 Å². The molecule has 0 bridgehead atoms. The Morgan fingerprint density at radius 1 is 0.923 bits per heavy atom. The molecule has 2 aromatic heterocycles. The molecule has 65 heavy (non-hydrogen) atoms. The molecule has 0 radical (unpaired) electrons. The molecule has 7 atom stereocenters. The molecule has 0 aliphatic carbocycles. The number of aromatic nitrogens is 4. The number of nitrogens with zero attached hydrogens (tertiary/aromatic N) is 4. The number of hydrogen-bond donors (Lipinski definition) is 9. The van der Waals surface area contributed by atoms with Gasteiger partial charge < -0.3 is 50.9 Å². The molecule has 3 unspecified atom stereocenters. The molecule has 0 spiro atoms. The number of nitrogens with one attached hydrogen (secondary N) is 2. The number of unbranched alkanes of at least 4 members (excludes halogenated alkanes) is 9. The zero-order chi connectivity index (χ0) is 48.3. The number of phosphoric acid groups is 3. The van der Waals surface area contributed by atoms with Gasteiger partial charge in [-0.15, -0.1) is 0 Å². The van der Waals surface area contributed by atoms with Crippen LogP contribution in [0.5, 0.6) is 0 Å². The first kappa shape index (κ1) is 56.6. The Morgan fingerprint density at radius 3 is 2.25 bits per heavy atom. The fourth-order valence-corrected chi connectivity index (χ4v) is 9.90. The Labute approximate surface area is 381 Å². The molecule has 10 N–H and O–H groups in total. The number of anilines is 1. The average Bonchev–Trinajstić information content (AvgIpc) is 3.79. The van der Waals surface area contributed by atoms with Crippen molar-refractivity contribution in [1.29, 1.82) is 0 Å². The Morgan fingerprint density at radius 2 is 1.57 bits per heavy atom. The number of ether oxygens (including phenoxy) is 1. The second-order valence-corrected chi connectivity index (χ2v) is 21.3. The van der Waals surface area contributed by atoms with Crippen LogP contribution in [-0.2, 0) is 50.7 Å². The van der Waals surface area contributed by atoms with E-state index in [0.29, 0.717) is 12.2 Å². The molecule has 2 aromatic rings. The minimum absolute atomic E-state index is 0.0328. The predicted molar refractivity (Wildman–Crippen MR) is 237 cm³/mol. The lowest BCUT2D eigenvalue weighted by atomic mass is 9.87. The largest absolute Gasteiger partial charge is 0.481 e. The van der Waals surface area contributed by atoms with Crippen molar-refractivity contribution in [3.8, 4) is 0 Å². The number of nitrogens with two attached hydrogens (primary N) is 1. The fourth-order valence-electron chi connectivity index (χ4n) is 6.35. The number of nitrogen functional groups attached to an aromatic ring is 1. The van der Waals surface area contributed by atoms with Gasteiger partial charge in [-0.3, -0.25) is 32.5 Å². The highest BCUT2D eigenvalue weighted by atomic mass is 32.2. The van der Waals surface area contributed by atoms with Crippen LogP contribution >= 0.6 is 35.2 Å². The average molecular weight is 1000 g/mol. The Hall–Kier alpha value is -2.70. The van der Waals surface area contributed by atoms with Crippen molar-refractivity contribution in [2.75, 3.05) is 37.8 Å². The number of aliphatic hydroxyl groups excluding tert-OH is 2. The van der Waals surface area contributed by atoms with E-state index >= 15 is 0 Å². The number of aliphatic hydroxyl groups is 2. The molecule has 0 aromatic carbocycles. The monoisotopic (exact) mass is 1000 g/mol. The summed E-state index contributed by atoms with van der Waals surface area (Å²) in [6.45, 7) is 2.77. The van der Waals surface area contributed by atoms with Crippen molar-refractivity contribution in [3.63, 3.8) is 0 Å². The van der Waals surface area contributed by atoms with Crippen LogP contribution in [0.2, 0.25) is 0 Å². The van der Waals surface area contributed by atoms with E-state index in [-0.39, 0.29) is 41.6 Å². The lowest BCUT2D eigenvalue weighted by molar-refractivity contribution is -0.137. The van der Waals surface area contributed by atoms with Gasteiger partial charge in [0.2, 0.25) is 11.8 Å². The normalized spacial score (nSPS) is 20.4. The van der Waals surface area contributed by atoms with Gasteiger partial charge in [-0.1, -0.05) is 83.2 Å². The third kappa shape index (κ3) is 20.6. The number of rotatable bonds is 32. The van der Waals surface area contributed by atoms with Crippen LogP contribution in [0.15, 0.2) is 24.8 Å². The number of imidazole rings is 1. The minimum Gasteiger partial charge on any atom is -0.386 e. The van der Waals surface area contributed by atoms with Crippen molar-refractivity contribution in [2.24, 2.45) is 5.41 Å². The second kappa shape index (κ2) is 27.3. The molecule has 2 amide bonds. The van der Waals surface area contributed by atoms with Gasteiger partial charge in [-0.05, 0) is 32.1 Å². The molecule has 1 aliphatic heterocycles. The fraction of sp³-hybridized carbons (Fsp3) is 0.730. The maximum Gasteiger partial charge on any atom is 0.481 e. The summed E-state index contributed by atoms with van der Waals surface area (Å²) in [7, 11) is -16.4. The number of hydrogen-bond acceptors (Lipinski definition) is 18.